The van der Waals surface area contributed by atoms with Crippen LogP contribution in [0.5, 0.6) is 5.75 Å². The van der Waals surface area contributed by atoms with Crippen LogP contribution in [0.25, 0.3) is 11.1 Å². The summed E-state index contributed by atoms with van der Waals surface area (Å²) in [7, 11) is 1.63. The highest BCUT2D eigenvalue weighted by atomic mass is 19.1. The van der Waals surface area contributed by atoms with E-state index < -0.39 is 0 Å². The number of fused-ring (bicyclic) bond motifs is 1. The molecular weight excluding hydrogens is 393 g/mol. The number of aromatic nitrogens is 2. The Morgan fingerprint density at radius 3 is 2.68 bits per heavy atom. The number of rotatable bonds is 3. The monoisotopic (exact) mass is 417 g/mol. The van der Waals surface area contributed by atoms with Crippen LogP contribution in [0.15, 0.2) is 59.8 Å². The van der Waals surface area contributed by atoms with Gasteiger partial charge in [0.1, 0.15) is 23.4 Å². The van der Waals surface area contributed by atoms with E-state index in [9.17, 15) is 9.18 Å². The first-order valence-electron chi connectivity index (χ1n) is 10.5. The number of allylic oxidation sites excluding steroid dienone is 2. The molecule has 0 spiro atoms. The standard InChI is InChI=1S/C25H24FN3O2/c1-14-11-20-23(21(30)12-14)24(17-5-4-6-19(13-17)31-3)29-25(27-20)22(15(2)28-29)16-7-9-18(26)10-8-16/h4-10,13-14,24,27H,11-12H2,1-3H3. The number of aryl methyl sites for hydroxylation is 1. The molecule has 1 N–H and O–H groups in total. The third kappa shape index (κ3) is 3.23. The molecule has 5 nitrogen and oxygen atoms in total. The summed E-state index contributed by atoms with van der Waals surface area (Å²) in [6, 6.07) is 13.9. The van der Waals surface area contributed by atoms with Crippen LogP contribution in [0.4, 0.5) is 10.2 Å². The normalized spacial score (nSPS) is 20.2. The molecule has 0 saturated carbocycles. The summed E-state index contributed by atoms with van der Waals surface area (Å²) in [5.41, 5.74) is 5.30. The minimum absolute atomic E-state index is 0.149. The van der Waals surface area contributed by atoms with Gasteiger partial charge in [-0.15, -0.1) is 0 Å². The lowest BCUT2D eigenvalue weighted by molar-refractivity contribution is -0.117. The lowest BCUT2D eigenvalue weighted by Crippen LogP contribution is -2.33. The number of benzene rings is 2. The van der Waals surface area contributed by atoms with Crippen molar-refractivity contribution in [2.24, 2.45) is 5.92 Å². The molecule has 5 rings (SSSR count). The van der Waals surface area contributed by atoms with E-state index in [2.05, 4.69) is 12.2 Å². The molecule has 158 valence electrons. The smallest absolute Gasteiger partial charge is 0.163 e. The van der Waals surface area contributed by atoms with E-state index >= 15 is 0 Å². The summed E-state index contributed by atoms with van der Waals surface area (Å²) in [5.74, 6) is 1.71. The fourth-order valence-electron chi connectivity index (χ4n) is 4.76. The zero-order valence-electron chi connectivity index (χ0n) is 17.8. The van der Waals surface area contributed by atoms with Gasteiger partial charge in [-0.1, -0.05) is 31.2 Å². The highest BCUT2D eigenvalue weighted by Gasteiger charge is 2.39. The van der Waals surface area contributed by atoms with Crippen molar-refractivity contribution in [1.29, 1.82) is 0 Å². The number of carbonyl (C=O) groups excluding carboxylic acids is 1. The van der Waals surface area contributed by atoms with E-state index in [-0.39, 0.29) is 23.6 Å². The van der Waals surface area contributed by atoms with Crippen LogP contribution in [-0.4, -0.2) is 22.7 Å². The molecule has 2 atom stereocenters. The summed E-state index contributed by atoms with van der Waals surface area (Å²) in [5, 5.41) is 8.37. The van der Waals surface area contributed by atoms with Crippen LogP contribution in [-0.2, 0) is 4.79 Å². The number of carbonyl (C=O) groups is 1. The Balaban J connectivity index is 1.74. The maximum atomic E-state index is 13.5. The number of Topliss-reactive ketones (excluding diaryl/α,β-unsaturated/α-hetero) is 1. The van der Waals surface area contributed by atoms with Crippen molar-refractivity contribution < 1.29 is 13.9 Å². The number of ketones is 1. The van der Waals surface area contributed by atoms with E-state index in [0.29, 0.717) is 6.42 Å². The molecule has 31 heavy (non-hydrogen) atoms. The number of nitrogens with one attached hydrogen (secondary N) is 1. The van der Waals surface area contributed by atoms with Gasteiger partial charge in [-0.25, -0.2) is 9.07 Å². The van der Waals surface area contributed by atoms with Crippen molar-refractivity contribution >= 4 is 11.6 Å². The van der Waals surface area contributed by atoms with Gasteiger partial charge in [-0.2, -0.15) is 5.10 Å². The first-order chi connectivity index (χ1) is 15.0. The number of ether oxygens (including phenoxy) is 1. The molecule has 3 aromatic rings. The number of hydrogen-bond acceptors (Lipinski definition) is 4. The van der Waals surface area contributed by atoms with Gasteiger partial charge in [0.2, 0.25) is 0 Å². The molecule has 1 aliphatic carbocycles. The van der Waals surface area contributed by atoms with Crippen LogP contribution < -0.4 is 10.1 Å². The predicted molar refractivity (Wildman–Crippen MR) is 118 cm³/mol. The molecule has 0 saturated heterocycles. The average molecular weight is 417 g/mol. The average Bonchev–Trinajstić information content (AvgIpc) is 3.08. The van der Waals surface area contributed by atoms with Crippen molar-refractivity contribution in [3.63, 3.8) is 0 Å². The second kappa shape index (κ2) is 7.38. The van der Waals surface area contributed by atoms with Crippen LogP contribution in [0.2, 0.25) is 0 Å². The highest BCUT2D eigenvalue weighted by Crippen LogP contribution is 2.46. The topological polar surface area (TPSA) is 56.1 Å². The Morgan fingerprint density at radius 2 is 1.94 bits per heavy atom. The molecule has 2 aliphatic rings. The number of hydrogen-bond donors (Lipinski definition) is 1. The Labute approximate surface area is 180 Å². The molecule has 2 unspecified atom stereocenters. The Kier molecular flexibility index (Phi) is 4.65. The molecule has 0 amide bonds. The van der Waals surface area contributed by atoms with Gasteiger partial charge in [0.25, 0.3) is 0 Å². The van der Waals surface area contributed by atoms with Gasteiger partial charge in [-0.3, -0.25) is 4.79 Å². The third-order valence-electron chi connectivity index (χ3n) is 6.13. The maximum Gasteiger partial charge on any atom is 0.163 e. The Bertz CT molecular complexity index is 1210. The van der Waals surface area contributed by atoms with E-state index in [0.717, 1.165) is 51.6 Å². The molecule has 0 bridgehead atoms. The molecule has 2 aromatic carbocycles. The molecular formula is C25H24FN3O2. The van der Waals surface area contributed by atoms with Crippen molar-refractivity contribution in [2.45, 2.75) is 32.7 Å². The van der Waals surface area contributed by atoms with Gasteiger partial charge in [0.15, 0.2) is 5.78 Å². The van der Waals surface area contributed by atoms with Gasteiger partial charge < -0.3 is 10.1 Å². The number of halogens is 1. The van der Waals surface area contributed by atoms with E-state index in [1.165, 1.54) is 12.1 Å². The first-order valence-corrected chi connectivity index (χ1v) is 10.5. The summed E-state index contributed by atoms with van der Waals surface area (Å²) in [6.45, 7) is 4.04. The minimum Gasteiger partial charge on any atom is -0.497 e. The van der Waals surface area contributed by atoms with Gasteiger partial charge in [-0.05, 0) is 54.7 Å². The Morgan fingerprint density at radius 1 is 1.16 bits per heavy atom. The highest BCUT2D eigenvalue weighted by molar-refractivity contribution is 6.00. The van der Waals surface area contributed by atoms with Crippen LogP contribution in [0.1, 0.15) is 37.1 Å². The second-order valence-electron chi connectivity index (χ2n) is 8.39. The quantitative estimate of drug-likeness (QED) is 0.630. The zero-order valence-corrected chi connectivity index (χ0v) is 17.8. The fourth-order valence-corrected chi connectivity index (χ4v) is 4.76. The molecule has 1 aromatic heterocycles. The van der Waals surface area contributed by atoms with Gasteiger partial charge in [0.05, 0.1) is 12.8 Å². The lowest BCUT2D eigenvalue weighted by atomic mass is 9.81. The second-order valence-corrected chi connectivity index (χ2v) is 8.39. The van der Waals surface area contributed by atoms with Crippen LogP contribution >= 0.6 is 0 Å². The van der Waals surface area contributed by atoms with Crippen LogP contribution in [0.3, 0.4) is 0 Å². The largest absolute Gasteiger partial charge is 0.497 e. The van der Waals surface area contributed by atoms with E-state index in [1.54, 1.807) is 19.2 Å². The predicted octanol–water partition coefficient (Wildman–Crippen LogP) is 5.27. The number of anilines is 1. The van der Waals surface area contributed by atoms with Gasteiger partial charge >= 0.3 is 0 Å². The molecule has 1 aliphatic heterocycles. The zero-order chi connectivity index (χ0) is 21.7. The maximum absolute atomic E-state index is 13.5. The number of methoxy groups -OCH3 is 1. The lowest BCUT2D eigenvalue weighted by Gasteiger charge is -2.35. The first kappa shape index (κ1) is 19.5. The van der Waals surface area contributed by atoms with Crippen molar-refractivity contribution in [3.8, 4) is 16.9 Å². The van der Waals surface area contributed by atoms with Gasteiger partial charge in [0, 0.05) is 23.3 Å². The van der Waals surface area contributed by atoms with Crippen molar-refractivity contribution in [3.05, 3.63) is 76.9 Å². The SMILES string of the molecule is COc1cccc(C2C3=C(CC(C)CC3=O)Nc3c(-c4ccc(F)cc4)c(C)nn32)c1. The summed E-state index contributed by atoms with van der Waals surface area (Å²) in [6.07, 6.45) is 1.33. The molecule has 2 heterocycles. The van der Waals surface area contributed by atoms with Crippen molar-refractivity contribution in [2.75, 3.05) is 12.4 Å². The summed E-state index contributed by atoms with van der Waals surface area (Å²) in [4.78, 5) is 13.2. The summed E-state index contributed by atoms with van der Waals surface area (Å²) >= 11 is 0. The fraction of sp³-hybridized carbons (Fsp3) is 0.280. The van der Waals surface area contributed by atoms with E-state index in [4.69, 9.17) is 9.84 Å². The van der Waals surface area contributed by atoms with Crippen LogP contribution in [0, 0.1) is 18.7 Å². The number of nitrogens with zero attached hydrogens (tertiary/aromatic N) is 2. The minimum atomic E-state index is -0.339. The van der Waals surface area contributed by atoms with E-state index in [1.807, 2.05) is 35.9 Å². The van der Waals surface area contributed by atoms with Crippen molar-refractivity contribution in [1.82, 2.24) is 9.78 Å². The third-order valence-corrected chi connectivity index (χ3v) is 6.13. The summed E-state index contributed by atoms with van der Waals surface area (Å²) < 4.78 is 20.9. The molecule has 0 fully saturated rings. The molecule has 6 heteroatoms. The molecule has 0 radical (unpaired) electrons. The Hall–Kier alpha value is -3.41.